The number of aromatic amines is 1. The molecule has 4 rings (SSSR count). The van der Waals surface area contributed by atoms with E-state index in [0.29, 0.717) is 18.8 Å². The molecule has 6 nitrogen and oxygen atoms in total. The fourth-order valence-corrected chi connectivity index (χ4v) is 3.81. The molecule has 3 heterocycles. The van der Waals surface area contributed by atoms with Gasteiger partial charge in [-0.3, -0.25) is 0 Å². The highest BCUT2D eigenvalue weighted by Crippen LogP contribution is 2.37. The van der Waals surface area contributed by atoms with Gasteiger partial charge in [0.05, 0.1) is 5.69 Å². The molecule has 0 saturated carbocycles. The number of hydrogen-bond acceptors (Lipinski definition) is 3. The molecule has 2 aromatic heterocycles. The maximum absolute atomic E-state index is 13.4. The van der Waals surface area contributed by atoms with Crippen LogP contribution in [-0.4, -0.2) is 39.2 Å². The second-order valence-electron chi connectivity index (χ2n) is 7.11. The van der Waals surface area contributed by atoms with Crippen molar-refractivity contribution in [3.8, 4) is 28.5 Å². The number of amides is 1. The van der Waals surface area contributed by atoms with Gasteiger partial charge < -0.3 is 15.0 Å². The molecule has 0 atom stereocenters. The number of hydrogen-bond donors (Lipinski definition) is 2. The molecule has 146 valence electrons. The predicted octanol–water partition coefficient (Wildman–Crippen LogP) is 4.61. The van der Waals surface area contributed by atoms with E-state index in [2.05, 4.69) is 22.1 Å². The van der Waals surface area contributed by atoms with E-state index in [9.17, 15) is 14.4 Å². The van der Waals surface area contributed by atoms with Crippen molar-refractivity contribution in [2.24, 2.45) is 0 Å². The summed E-state index contributed by atoms with van der Waals surface area (Å²) < 4.78 is 13.4. The van der Waals surface area contributed by atoms with Crippen LogP contribution < -0.4 is 0 Å². The van der Waals surface area contributed by atoms with Crippen molar-refractivity contribution in [1.29, 1.82) is 5.26 Å². The fourth-order valence-electron chi connectivity index (χ4n) is 3.81. The highest BCUT2D eigenvalue weighted by molar-refractivity contribution is 5.82. The molecule has 7 heteroatoms. The summed E-state index contributed by atoms with van der Waals surface area (Å²) in [5.74, 6) is -0.102. The van der Waals surface area contributed by atoms with Gasteiger partial charge >= 0.3 is 6.09 Å². The van der Waals surface area contributed by atoms with E-state index in [1.54, 1.807) is 24.4 Å². The molecule has 0 radical (unpaired) electrons. The van der Waals surface area contributed by atoms with Crippen molar-refractivity contribution < 1.29 is 14.3 Å². The Morgan fingerprint density at radius 1 is 1.17 bits per heavy atom. The SMILES string of the molecule is N#Cc1cc(-c2cc(C3CCN(C(=O)O)CC3)[nH]c2-c2ccc(F)cc2)ccn1. The summed E-state index contributed by atoms with van der Waals surface area (Å²) >= 11 is 0. The summed E-state index contributed by atoms with van der Waals surface area (Å²) in [5, 5.41) is 18.4. The van der Waals surface area contributed by atoms with Gasteiger partial charge in [0.1, 0.15) is 17.6 Å². The van der Waals surface area contributed by atoms with Crippen molar-refractivity contribution in [3.63, 3.8) is 0 Å². The fraction of sp³-hybridized carbons (Fsp3) is 0.227. The minimum absolute atomic E-state index is 0.204. The number of nitrogens with one attached hydrogen (secondary N) is 1. The maximum atomic E-state index is 13.4. The van der Waals surface area contributed by atoms with Crippen LogP contribution in [0, 0.1) is 17.1 Å². The van der Waals surface area contributed by atoms with Gasteiger partial charge in [-0.05, 0) is 66.4 Å². The summed E-state index contributed by atoms with van der Waals surface area (Å²) in [5.41, 5.74) is 4.78. The topological polar surface area (TPSA) is 93.0 Å². The first-order chi connectivity index (χ1) is 14.0. The van der Waals surface area contributed by atoms with Gasteiger partial charge in [-0.15, -0.1) is 0 Å². The molecule has 0 spiro atoms. The number of piperidine rings is 1. The van der Waals surface area contributed by atoms with Gasteiger partial charge in [0, 0.05) is 36.5 Å². The van der Waals surface area contributed by atoms with Gasteiger partial charge in [0.2, 0.25) is 0 Å². The lowest BCUT2D eigenvalue weighted by Crippen LogP contribution is -2.36. The second-order valence-corrected chi connectivity index (χ2v) is 7.11. The molecule has 2 N–H and O–H groups in total. The molecule has 1 aromatic carbocycles. The van der Waals surface area contributed by atoms with E-state index in [1.807, 2.05) is 6.07 Å². The molecule has 1 saturated heterocycles. The average molecular weight is 390 g/mol. The molecule has 1 fully saturated rings. The third kappa shape index (κ3) is 3.83. The zero-order valence-corrected chi connectivity index (χ0v) is 15.6. The van der Waals surface area contributed by atoms with Crippen molar-refractivity contribution in [2.45, 2.75) is 18.8 Å². The molecule has 1 aliphatic heterocycles. The number of carboxylic acid groups (broad SMARTS) is 1. The Hall–Kier alpha value is -3.66. The minimum Gasteiger partial charge on any atom is -0.465 e. The van der Waals surface area contributed by atoms with E-state index in [4.69, 9.17) is 5.11 Å². The first kappa shape index (κ1) is 18.7. The van der Waals surface area contributed by atoms with Crippen LogP contribution in [0.25, 0.3) is 22.4 Å². The molecule has 0 unspecified atom stereocenters. The monoisotopic (exact) mass is 390 g/mol. The Bertz CT molecular complexity index is 1080. The lowest BCUT2D eigenvalue weighted by atomic mass is 9.93. The summed E-state index contributed by atoms with van der Waals surface area (Å²) in [6.07, 6.45) is 2.17. The van der Waals surface area contributed by atoms with Gasteiger partial charge in [0.25, 0.3) is 0 Å². The number of nitrogens with zero attached hydrogens (tertiary/aromatic N) is 3. The summed E-state index contributed by atoms with van der Waals surface area (Å²) in [4.78, 5) is 20.1. The Morgan fingerprint density at radius 2 is 1.90 bits per heavy atom. The van der Waals surface area contributed by atoms with Gasteiger partial charge in [-0.25, -0.2) is 14.2 Å². The summed E-state index contributed by atoms with van der Waals surface area (Å²) in [6, 6.07) is 13.9. The Balaban J connectivity index is 1.74. The number of carbonyl (C=O) groups is 1. The number of nitriles is 1. The third-order valence-electron chi connectivity index (χ3n) is 5.36. The molecule has 29 heavy (non-hydrogen) atoms. The molecule has 3 aromatic rings. The lowest BCUT2D eigenvalue weighted by molar-refractivity contribution is 0.132. The van der Waals surface area contributed by atoms with Crippen LogP contribution in [0.5, 0.6) is 0 Å². The lowest BCUT2D eigenvalue weighted by Gasteiger charge is -2.29. The number of rotatable bonds is 3. The van der Waals surface area contributed by atoms with Crippen molar-refractivity contribution in [3.05, 3.63) is 65.9 Å². The molecule has 1 aliphatic rings. The highest BCUT2D eigenvalue weighted by Gasteiger charge is 2.26. The Morgan fingerprint density at radius 3 is 2.55 bits per heavy atom. The van der Waals surface area contributed by atoms with Crippen LogP contribution in [0.15, 0.2) is 48.7 Å². The summed E-state index contributed by atoms with van der Waals surface area (Å²) in [7, 11) is 0. The molecule has 0 bridgehead atoms. The van der Waals surface area contributed by atoms with E-state index in [1.165, 1.54) is 17.0 Å². The van der Waals surface area contributed by atoms with Gasteiger partial charge in [0.15, 0.2) is 0 Å². The number of H-pyrrole nitrogens is 1. The molecular formula is C22H19FN4O2. The van der Waals surface area contributed by atoms with Gasteiger partial charge in [-0.1, -0.05) is 0 Å². The largest absolute Gasteiger partial charge is 0.465 e. The molecule has 0 aliphatic carbocycles. The Kier molecular flexibility index (Phi) is 5.00. The second kappa shape index (κ2) is 7.76. The standard InChI is InChI=1S/C22H19FN4O2/c23-17-3-1-15(2-4-17)21-19(16-5-8-25-18(11-16)13-24)12-20(26-21)14-6-9-27(10-7-14)22(28)29/h1-5,8,11-12,14,26H,6-7,9-10H2,(H,28,29). The normalized spacial score (nSPS) is 14.6. The summed E-state index contributed by atoms with van der Waals surface area (Å²) in [6.45, 7) is 0.988. The van der Waals surface area contributed by atoms with Crippen LogP contribution in [0.3, 0.4) is 0 Å². The smallest absolute Gasteiger partial charge is 0.407 e. The first-order valence-electron chi connectivity index (χ1n) is 9.38. The van der Waals surface area contributed by atoms with E-state index >= 15 is 0 Å². The number of pyridine rings is 1. The molecular weight excluding hydrogens is 371 g/mol. The van der Waals surface area contributed by atoms with Crippen molar-refractivity contribution in [2.75, 3.05) is 13.1 Å². The van der Waals surface area contributed by atoms with Crippen LogP contribution in [-0.2, 0) is 0 Å². The zero-order chi connectivity index (χ0) is 20.4. The van der Waals surface area contributed by atoms with E-state index in [0.717, 1.165) is 40.9 Å². The predicted molar refractivity (Wildman–Crippen MR) is 106 cm³/mol. The number of halogens is 1. The van der Waals surface area contributed by atoms with Crippen LogP contribution in [0.2, 0.25) is 0 Å². The quantitative estimate of drug-likeness (QED) is 0.683. The third-order valence-corrected chi connectivity index (χ3v) is 5.36. The Labute approximate surface area is 167 Å². The van der Waals surface area contributed by atoms with Gasteiger partial charge in [-0.2, -0.15) is 5.26 Å². The minimum atomic E-state index is -0.886. The van der Waals surface area contributed by atoms with Crippen molar-refractivity contribution in [1.82, 2.24) is 14.9 Å². The van der Waals surface area contributed by atoms with Crippen LogP contribution in [0.1, 0.15) is 30.1 Å². The average Bonchev–Trinajstić information content (AvgIpc) is 3.20. The van der Waals surface area contributed by atoms with E-state index < -0.39 is 6.09 Å². The highest BCUT2D eigenvalue weighted by atomic mass is 19.1. The zero-order valence-electron chi connectivity index (χ0n) is 15.6. The number of likely N-dealkylation sites (tertiary alicyclic amines) is 1. The van der Waals surface area contributed by atoms with Crippen molar-refractivity contribution >= 4 is 6.09 Å². The number of aromatic nitrogens is 2. The van der Waals surface area contributed by atoms with E-state index in [-0.39, 0.29) is 11.7 Å². The number of benzene rings is 1. The van der Waals surface area contributed by atoms with Crippen LogP contribution >= 0.6 is 0 Å². The maximum Gasteiger partial charge on any atom is 0.407 e. The molecule has 1 amide bonds. The van der Waals surface area contributed by atoms with Crippen LogP contribution in [0.4, 0.5) is 9.18 Å². The first-order valence-corrected chi connectivity index (χ1v) is 9.38.